The van der Waals surface area contributed by atoms with E-state index in [1.54, 1.807) is 12.1 Å². The predicted octanol–water partition coefficient (Wildman–Crippen LogP) is 0.953. The van der Waals surface area contributed by atoms with Gasteiger partial charge in [0.2, 0.25) is 0 Å². The number of phenols is 1. The molecule has 3 N–H and O–H groups in total. The molecule has 0 bridgehead atoms. The largest absolute Gasteiger partial charge is 0.507 e. The highest BCUT2D eigenvalue weighted by Crippen LogP contribution is 2.19. The van der Waals surface area contributed by atoms with Crippen LogP contribution in [0.1, 0.15) is 15.9 Å². The van der Waals surface area contributed by atoms with Crippen molar-refractivity contribution in [3.05, 3.63) is 29.3 Å². The lowest BCUT2D eigenvalue weighted by Gasteiger charge is -2.04. The molecule has 0 aromatic heterocycles. The molecule has 0 unspecified atom stereocenters. The Hall–Kier alpha value is -1.77. The molecular weight excluding hydrogens is 232 g/mol. The lowest BCUT2D eigenvalue weighted by Crippen LogP contribution is -2.06. The molecule has 0 amide bonds. The first-order valence-electron chi connectivity index (χ1n) is 4.25. The Balaban J connectivity index is 0.00000225. The Bertz CT molecular complexity index is 415. The highest BCUT2D eigenvalue weighted by Gasteiger charge is 2.12. The number of esters is 1. The van der Waals surface area contributed by atoms with Crippen LogP contribution in [0.3, 0.4) is 0 Å². The molecule has 0 spiro atoms. The van der Waals surface area contributed by atoms with E-state index in [1.165, 1.54) is 12.1 Å². The second kappa shape index (κ2) is 6.67. The van der Waals surface area contributed by atoms with Crippen molar-refractivity contribution in [2.24, 2.45) is 5.73 Å². The van der Waals surface area contributed by atoms with E-state index >= 15 is 0 Å². The van der Waals surface area contributed by atoms with Crippen molar-refractivity contribution in [3.63, 3.8) is 0 Å². The zero-order chi connectivity index (χ0) is 11.3. The fraction of sp³-hybridized carbons (Fsp3) is 0.200. The number of carbonyl (C=O) groups is 1. The quantitative estimate of drug-likeness (QED) is 0.770. The fourth-order valence-corrected chi connectivity index (χ4v) is 1.05. The van der Waals surface area contributed by atoms with E-state index in [9.17, 15) is 9.90 Å². The molecule has 0 atom stereocenters. The minimum atomic E-state index is -0.724. The van der Waals surface area contributed by atoms with Gasteiger partial charge >= 0.3 is 5.97 Å². The van der Waals surface area contributed by atoms with E-state index in [4.69, 9.17) is 11.0 Å². The van der Waals surface area contributed by atoms with Gasteiger partial charge in [0.1, 0.15) is 17.4 Å². The Morgan fingerprint density at radius 2 is 2.25 bits per heavy atom. The number of phenolic OH excluding ortho intramolecular Hbond substituents is 1. The van der Waals surface area contributed by atoms with E-state index in [-0.39, 0.29) is 36.9 Å². The second-order valence-corrected chi connectivity index (χ2v) is 2.79. The second-order valence-electron chi connectivity index (χ2n) is 2.79. The summed E-state index contributed by atoms with van der Waals surface area (Å²) in [6.45, 7) is -0.0575. The number of halogens is 1. The first-order valence-corrected chi connectivity index (χ1v) is 4.25. The van der Waals surface area contributed by atoms with Crippen LogP contribution in [0.5, 0.6) is 5.75 Å². The van der Waals surface area contributed by atoms with Gasteiger partial charge in [-0.15, -0.1) is 12.4 Å². The monoisotopic (exact) mass is 242 g/mol. The van der Waals surface area contributed by atoms with Crippen LogP contribution in [-0.2, 0) is 11.3 Å². The van der Waals surface area contributed by atoms with Crippen LogP contribution in [-0.4, -0.2) is 17.7 Å². The summed E-state index contributed by atoms with van der Waals surface area (Å²) in [5.41, 5.74) is 6.10. The van der Waals surface area contributed by atoms with Crippen LogP contribution in [0.25, 0.3) is 0 Å². The van der Waals surface area contributed by atoms with Gasteiger partial charge in [-0.3, -0.25) is 0 Å². The molecule has 0 aliphatic heterocycles. The van der Waals surface area contributed by atoms with Gasteiger partial charge < -0.3 is 15.6 Å². The maximum atomic E-state index is 11.3. The van der Waals surface area contributed by atoms with Crippen molar-refractivity contribution in [1.82, 2.24) is 0 Å². The summed E-state index contributed by atoms with van der Waals surface area (Å²) in [6.07, 6.45) is 0. The van der Waals surface area contributed by atoms with Gasteiger partial charge in [0, 0.05) is 6.54 Å². The Kier molecular flexibility index (Phi) is 5.93. The summed E-state index contributed by atoms with van der Waals surface area (Å²) >= 11 is 0. The van der Waals surface area contributed by atoms with Gasteiger partial charge in [-0.2, -0.15) is 5.26 Å². The van der Waals surface area contributed by atoms with Crippen molar-refractivity contribution >= 4 is 18.4 Å². The molecule has 0 saturated carbocycles. The van der Waals surface area contributed by atoms with E-state index in [0.29, 0.717) is 5.56 Å². The van der Waals surface area contributed by atoms with Gasteiger partial charge in [0.15, 0.2) is 6.61 Å². The molecule has 6 heteroatoms. The molecule has 0 fully saturated rings. The predicted molar refractivity (Wildman–Crippen MR) is 59.1 cm³/mol. The van der Waals surface area contributed by atoms with Crippen LogP contribution in [0, 0.1) is 11.3 Å². The first kappa shape index (κ1) is 14.2. The van der Waals surface area contributed by atoms with Crippen LogP contribution in [0.15, 0.2) is 18.2 Å². The SMILES string of the molecule is Cl.N#CCOC(=O)c1ccc(CN)cc1O. The average molecular weight is 243 g/mol. The van der Waals surface area contributed by atoms with Gasteiger partial charge in [-0.05, 0) is 17.7 Å². The Morgan fingerprint density at radius 1 is 1.56 bits per heavy atom. The molecular formula is C10H11ClN2O3. The fourth-order valence-electron chi connectivity index (χ4n) is 1.05. The van der Waals surface area contributed by atoms with Crippen molar-refractivity contribution in [1.29, 1.82) is 5.26 Å². The number of rotatable bonds is 3. The van der Waals surface area contributed by atoms with Crippen molar-refractivity contribution in [3.8, 4) is 11.8 Å². The van der Waals surface area contributed by atoms with Gasteiger partial charge in [-0.25, -0.2) is 4.79 Å². The number of nitrogens with zero attached hydrogens (tertiary/aromatic N) is 1. The van der Waals surface area contributed by atoms with Crippen molar-refractivity contribution in [2.75, 3.05) is 6.61 Å². The van der Waals surface area contributed by atoms with Gasteiger partial charge in [0.25, 0.3) is 0 Å². The number of ether oxygens (including phenoxy) is 1. The average Bonchev–Trinajstić information content (AvgIpc) is 2.25. The first-order chi connectivity index (χ1) is 7.19. The minimum absolute atomic E-state index is 0. The lowest BCUT2D eigenvalue weighted by molar-refractivity contribution is 0.0551. The summed E-state index contributed by atoms with van der Waals surface area (Å²) in [4.78, 5) is 11.3. The summed E-state index contributed by atoms with van der Waals surface area (Å²) < 4.78 is 4.54. The smallest absolute Gasteiger partial charge is 0.342 e. The van der Waals surface area contributed by atoms with Crippen LogP contribution in [0.4, 0.5) is 0 Å². The third-order valence-electron chi connectivity index (χ3n) is 1.79. The lowest BCUT2D eigenvalue weighted by atomic mass is 10.1. The summed E-state index contributed by atoms with van der Waals surface area (Å²) in [5, 5.41) is 17.7. The molecule has 1 aromatic rings. The van der Waals surface area contributed by atoms with Gasteiger partial charge in [-0.1, -0.05) is 6.07 Å². The Labute approximate surface area is 98.8 Å². The highest BCUT2D eigenvalue weighted by molar-refractivity contribution is 5.92. The van der Waals surface area contributed by atoms with E-state index in [1.807, 2.05) is 0 Å². The third kappa shape index (κ3) is 3.42. The minimum Gasteiger partial charge on any atom is -0.507 e. The highest BCUT2D eigenvalue weighted by atomic mass is 35.5. The molecule has 86 valence electrons. The molecule has 0 saturated heterocycles. The summed E-state index contributed by atoms with van der Waals surface area (Å²) in [5.74, 6) is -0.918. The summed E-state index contributed by atoms with van der Waals surface area (Å²) in [7, 11) is 0. The van der Waals surface area contributed by atoms with Crippen LogP contribution < -0.4 is 5.73 Å². The maximum Gasteiger partial charge on any atom is 0.342 e. The standard InChI is InChI=1S/C10H10N2O3.ClH/c11-3-4-15-10(14)8-2-1-7(6-12)5-9(8)13;/h1-2,5,13H,4,6,12H2;1H. The molecule has 5 nitrogen and oxygen atoms in total. The van der Waals surface area contributed by atoms with E-state index in [2.05, 4.69) is 4.74 Å². The molecule has 0 aliphatic carbocycles. The molecule has 1 rings (SSSR count). The molecule has 1 aromatic carbocycles. The number of nitriles is 1. The van der Waals surface area contributed by atoms with Crippen LogP contribution >= 0.6 is 12.4 Å². The molecule has 0 aliphatic rings. The zero-order valence-electron chi connectivity index (χ0n) is 8.34. The number of carbonyl (C=O) groups excluding carboxylic acids is 1. The number of aromatic hydroxyl groups is 1. The molecule has 0 heterocycles. The topological polar surface area (TPSA) is 96.3 Å². The number of benzene rings is 1. The number of hydrogen-bond donors (Lipinski definition) is 2. The molecule has 0 radical (unpaired) electrons. The number of hydrogen-bond acceptors (Lipinski definition) is 5. The third-order valence-corrected chi connectivity index (χ3v) is 1.79. The number of nitrogens with two attached hydrogens (primary N) is 1. The molecule has 16 heavy (non-hydrogen) atoms. The van der Waals surface area contributed by atoms with Crippen molar-refractivity contribution < 1.29 is 14.6 Å². The van der Waals surface area contributed by atoms with Crippen molar-refractivity contribution in [2.45, 2.75) is 6.54 Å². The normalized spacial score (nSPS) is 8.75. The zero-order valence-corrected chi connectivity index (χ0v) is 9.16. The van der Waals surface area contributed by atoms with Crippen LogP contribution in [0.2, 0.25) is 0 Å². The Morgan fingerprint density at radius 3 is 2.75 bits per heavy atom. The van der Waals surface area contributed by atoms with Gasteiger partial charge in [0.05, 0.1) is 0 Å². The maximum absolute atomic E-state index is 11.3. The van der Waals surface area contributed by atoms with E-state index in [0.717, 1.165) is 0 Å². The summed E-state index contributed by atoms with van der Waals surface area (Å²) in [6, 6.07) is 6.09. The van der Waals surface area contributed by atoms with E-state index < -0.39 is 5.97 Å².